The van der Waals surface area contributed by atoms with Crippen molar-refractivity contribution in [2.24, 2.45) is 7.05 Å². The zero-order valence-electron chi connectivity index (χ0n) is 16.3. The van der Waals surface area contributed by atoms with Crippen LogP contribution < -0.4 is 5.32 Å². The third kappa shape index (κ3) is 4.98. The van der Waals surface area contributed by atoms with E-state index >= 15 is 0 Å². The lowest BCUT2D eigenvalue weighted by Gasteiger charge is -2.32. The minimum atomic E-state index is -0.480. The molecule has 0 unspecified atom stereocenters. The molecule has 0 aliphatic carbocycles. The molecule has 0 saturated carbocycles. The van der Waals surface area contributed by atoms with Crippen molar-refractivity contribution in [2.75, 3.05) is 13.1 Å². The molecule has 0 bridgehead atoms. The van der Waals surface area contributed by atoms with Crippen LogP contribution in [0.2, 0.25) is 0 Å². The Morgan fingerprint density at radius 2 is 2.11 bits per heavy atom. The van der Waals surface area contributed by atoms with E-state index in [0.717, 1.165) is 25.9 Å². The average molecular weight is 394 g/mol. The number of carbonyl (C=O) groups is 1. The Morgan fingerprint density at radius 1 is 1.41 bits per heavy atom. The van der Waals surface area contributed by atoms with Crippen LogP contribution in [0.3, 0.4) is 0 Å². The predicted molar refractivity (Wildman–Crippen MR) is 104 cm³/mol. The largest absolute Gasteiger partial charge is 0.461 e. The van der Waals surface area contributed by atoms with Crippen LogP contribution in [0.1, 0.15) is 33.6 Å². The van der Waals surface area contributed by atoms with E-state index in [1.807, 2.05) is 49.2 Å². The molecule has 1 amide bonds. The summed E-state index contributed by atoms with van der Waals surface area (Å²) in [5.74, 6) is 1.41. The molecular weight excluding hydrogens is 366 g/mol. The van der Waals surface area contributed by atoms with Gasteiger partial charge in [0.2, 0.25) is 0 Å². The molecule has 2 aromatic heterocycles. The summed E-state index contributed by atoms with van der Waals surface area (Å²) >= 11 is 5.51. The van der Waals surface area contributed by atoms with Gasteiger partial charge in [0.15, 0.2) is 16.4 Å². The number of piperidine rings is 1. The first-order valence-electron chi connectivity index (χ1n) is 9.12. The van der Waals surface area contributed by atoms with Crippen molar-refractivity contribution >= 4 is 18.3 Å². The maximum absolute atomic E-state index is 11.9. The SMILES string of the molecule is Cn1c(-c2ccco2)nn(CN2CCC(NC(=O)OC(C)(C)C)CC2)c1=S. The van der Waals surface area contributed by atoms with Gasteiger partial charge < -0.3 is 19.0 Å². The second-order valence-corrected chi connectivity index (χ2v) is 8.19. The number of rotatable bonds is 4. The molecule has 1 aliphatic rings. The van der Waals surface area contributed by atoms with Crippen molar-refractivity contribution < 1.29 is 13.9 Å². The van der Waals surface area contributed by atoms with E-state index in [0.29, 0.717) is 23.0 Å². The Kier molecular flexibility index (Phi) is 5.71. The maximum Gasteiger partial charge on any atom is 0.407 e. The Balaban J connectivity index is 1.55. The predicted octanol–water partition coefficient (Wildman–Crippen LogP) is 3.16. The van der Waals surface area contributed by atoms with Gasteiger partial charge in [-0.3, -0.25) is 4.90 Å². The molecule has 2 aromatic rings. The molecule has 8 nitrogen and oxygen atoms in total. The van der Waals surface area contributed by atoms with Crippen LogP contribution in [0.4, 0.5) is 4.79 Å². The summed E-state index contributed by atoms with van der Waals surface area (Å²) in [6.45, 7) is 7.92. The van der Waals surface area contributed by atoms with Gasteiger partial charge in [-0.1, -0.05) is 0 Å². The standard InChI is InChI=1S/C18H27N5O3S/c1-18(2,3)26-16(24)19-13-7-9-22(10-8-13)12-23-17(27)21(4)15(20-23)14-6-5-11-25-14/h5-6,11,13H,7-10,12H2,1-4H3,(H,19,24). The van der Waals surface area contributed by atoms with Crippen molar-refractivity contribution in [3.8, 4) is 11.6 Å². The molecule has 1 fully saturated rings. The number of furan rings is 1. The monoisotopic (exact) mass is 393 g/mol. The molecular formula is C18H27N5O3S. The zero-order chi connectivity index (χ0) is 19.6. The van der Waals surface area contributed by atoms with Gasteiger partial charge in [-0.05, 0) is 58.0 Å². The number of ether oxygens (including phenoxy) is 1. The lowest BCUT2D eigenvalue weighted by Crippen LogP contribution is -2.46. The smallest absolute Gasteiger partial charge is 0.407 e. The summed E-state index contributed by atoms with van der Waals surface area (Å²) in [5, 5.41) is 7.56. The van der Waals surface area contributed by atoms with E-state index in [9.17, 15) is 4.79 Å². The number of hydrogen-bond donors (Lipinski definition) is 1. The van der Waals surface area contributed by atoms with Crippen LogP contribution in [0.25, 0.3) is 11.6 Å². The summed E-state index contributed by atoms with van der Waals surface area (Å²) in [6, 6.07) is 3.83. The molecule has 1 N–H and O–H groups in total. The van der Waals surface area contributed by atoms with E-state index in [1.165, 1.54) is 0 Å². The van der Waals surface area contributed by atoms with Gasteiger partial charge in [-0.2, -0.15) is 0 Å². The lowest BCUT2D eigenvalue weighted by atomic mass is 10.1. The quantitative estimate of drug-likeness (QED) is 0.804. The maximum atomic E-state index is 11.9. The number of amides is 1. The van der Waals surface area contributed by atoms with Gasteiger partial charge in [0, 0.05) is 26.2 Å². The molecule has 1 saturated heterocycles. The minimum absolute atomic E-state index is 0.131. The van der Waals surface area contributed by atoms with Crippen molar-refractivity contribution in [1.29, 1.82) is 0 Å². The fraction of sp³-hybridized carbons (Fsp3) is 0.611. The average Bonchev–Trinajstić information content (AvgIpc) is 3.19. The second-order valence-electron chi connectivity index (χ2n) is 7.82. The molecule has 0 radical (unpaired) electrons. The third-order valence-corrected chi connectivity index (χ3v) is 4.91. The van der Waals surface area contributed by atoms with E-state index in [4.69, 9.17) is 21.4 Å². The molecule has 1 aliphatic heterocycles. The number of aromatic nitrogens is 3. The number of likely N-dealkylation sites (tertiary alicyclic amines) is 1. The highest BCUT2D eigenvalue weighted by molar-refractivity contribution is 7.71. The normalized spacial score (nSPS) is 16.4. The molecule has 148 valence electrons. The molecule has 27 heavy (non-hydrogen) atoms. The van der Waals surface area contributed by atoms with Gasteiger partial charge in [0.05, 0.1) is 12.9 Å². The van der Waals surface area contributed by atoms with Gasteiger partial charge in [0.25, 0.3) is 0 Å². The lowest BCUT2D eigenvalue weighted by molar-refractivity contribution is 0.0470. The highest BCUT2D eigenvalue weighted by Gasteiger charge is 2.24. The first-order chi connectivity index (χ1) is 12.7. The van der Waals surface area contributed by atoms with E-state index in [1.54, 1.807) is 6.26 Å². The first-order valence-corrected chi connectivity index (χ1v) is 9.53. The van der Waals surface area contributed by atoms with Crippen molar-refractivity contribution in [3.05, 3.63) is 23.2 Å². The Morgan fingerprint density at radius 3 is 2.70 bits per heavy atom. The van der Waals surface area contributed by atoms with Crippen molar-refractivity contribution in [1.82, 2.24) is 24.6 Å². The van der Waals surface area contributed by atoms with Gasteiger partial charge in [-0.25, -0.2) is 9.48 Å². The topological polar surface area (TPSA) is 77.5 Å². The van der Waals surface area contributed by atoms with Gasteiger partial charge in [-0.15, -0.1) is 5.10 Å². The van der Waals surface area contributed by atoms with Crippen LogP contribution in [-0.4, -0.2) is 50.1 Å². The molecule has 9 heteroatoms. The van der Waals surface area contributed by atoms with Crippen molar-refractivity contribution in [2.45, 2.75) is 51.9 Å². The number of nitrogens with one attached hydrogen (secondary N) is 1. The zero-order valence-corrected chi connectivity index (χ0v) is 17.1. The van der Waals surface area contributed by atoms with E-state index in [-0.39, 0.29) is 12.1 Å². The second kappa shape index (κ2) is 7.85. The Bertz CT molecular complexity index is 826. The van der Waals surface area contributed by atoms with E-state index < -0.39 is 5.60 Å². The van der Waals surface area contributed by atoms with Gasteiger partial charge in [0.1, 0.15) is 5.60 Å². The fourth-order valence-electron chi connectivity index (χ4n) is 3.08. The van der Waals surface area contributed by atoms with E-state index in [2.05, 4.69) is 15.3 Å². The molecule has 0 spiro atoms. The van der Waals surface area contributed by atoms with Crippen LogP contribution in [0.15, 0.2) is 22.8 Å². The highest BCUT2D eigenvalue weighted by Crippen LogP contribution is 2.19. The Labute approximate surface area is 164 Å². The summed E-state index contributed by atoms with van der Waals surface area (Å²) in [5.41, 5.74) is -0.480. The third-order valence-electron chi connectivity index (χ3n) is 4.42. The minimum Gasteiger partial charge on any atom is -0.461 e. The van der Waals surface area contributed by atoms with Crippen LogP contribution >= 0.6 is 12.2 Å². The van der Waals surface area contributed by atoms with Gasteiger partial charge >= 0.3 is 6.09 Å². The molecule has 0 atom stereocenters. The number of carbonyl (C=O) groups excluding carboxylic acids is 1. The highest BCUT2D eigenvalue weighted by atomic mass is 32.1. The van der Waals surface area contributed by atoms with Crippen LogP contribution in [-0.2, 0) is 18.5 Å². The number of nitrogens with zero attached hydrogens (tertiary/aromatic N) is 4. The Hall–Kier alpha value is -2.13. The summed E-state index contributed by atoms with van der Waals surface area (Å²) in [4.78, 5) is 14.2. The number of hydrogen-bond acceptors (Lipinski definition) is 6. The molecule has 0 aromatic carbocycles. The molecule has 3 heterocycles. The summed E-state index contributed by atoms with van der Waals surface area (Å²) in [6.07, 6.45) is 3.00. The van der Waals surface area contributed by atoms with Crippen LogP contribution in [0, 0.1) is 4.77 Å². The first kappa shape index (κ1) is 19.6. The van der Waals surface area contributed by atoms with Crippen LogP contribution in [0.5, 0.6) is 0 Å². The van der Waals surface area contributed by atoms with Crippen molar-refractivity contribution in [3.63, 3.8) is 0 Å². The summed E-state index contributed by atoms with van der Waals surface area (Å²) in [7, 11) is 1.89. The molecule has 3 rings (SSSR count). The number of alkyl carbamates (subject to hydrolysis) is 1. The fourth-order valence-corrected chi connectivity index (χ4v) is 3.27. The summed E-state index contributed by atoms with van der Waals surface area (Å²) < 4.78 is 15.1.